The Hall–Kier alpha value is -0.240. The van der Waals surface area contributed by atoms with Crippen molar-refractivity contribution in [3.05, 3.63) is 0 Å². The molecule has 0 aromatic heterocycles. The third kappa shape index (κ3) is 1.56. The Kier molecular flexibility index (Phi) is 2.26. The smallest absolute Gasteiger partial charge is 0.184 e. The molecule has 0 aromatic carbocycles. The van der Waals surface area contributed by atoms with E-state index in [4.69, 9.17) is 19.7 Å². The average molecular weight is 192 g/mol. The zero-order valence-corrected chi connectivity index (χ0v) is 6.78. The van der Waals surface area contributed by atoms with E-state index in [1.165, 1.54) is 0 Å². The highest BCUT2D eigenvalue weighted by Gasteiger charge is 2.49. The van der Waals surface area contributed by atoms with Crippen LogP contribution in [-0.2, 0) is 9.47 Å². The van der Waals surface area contributed by atoms with Gasteiger partial charge in [-0.15, -0.1) is 0 Å². The molecule has 0 spiro atoms. The largest absolute Gasteiger partial charge is 0.387 e. The number of rotatable bonds is 1. The zero-order valence-electron chi connectivity index (χ0n) is 6.78. The Bertz CT molecular complexity index is 193. The van der Waals surface area contributed by atoms with Crippen molar-refractivity contribution in [3.63, 3.8) is 0 Å². The van der Waals surface area contributed by atoms with Gasteiger partial charge in [-0.25, -0.2) is 0 Å². The summed E-state index contributed by atoms with van der Waals surface area (Å²) in [6.07, 6.45) is -6.58. The zero-order chi connectivity index (χ0) is 9.59. The fourth-order valence-electron chi connectivity index (χ4n) is 1.44. The predicted octanol–water partition coefficient (Wildman–Crippen LogP) is -2.81. The maximum absolute atomic E-state index is 9.41. The number of aliphatic hydroxyl groups excluding tert-OH is 4. The van der Waals surface area contributed by atoms with Crippen LogP contribution in [-0.4, -0.2) is 63.8 Å². The van der Waals surface area contributed by atoms with Crippen molar-refractivity contribution in [1.82, 2.24) is 0 Å². The molecule has 13 heavy (non-hydrogen) atoms. The molecule has 0 saturated carbocycles. The summed E-state index contributed by atoms with van der Waals surface area (Å²) in [7, 11) is 0. The second-order valence-electron chi connectivity index (χ2n) is 3.33. The van der Waals surface area contributed by atoms with Crippen LogP contribution in [0.4, 0.5) is 0 Å². The lowest BCUT2D eigenvalue weighted by Gasteiger charge is -2.37. The lowest BCUT2D eigenvalue weighted by atomic mass is 9.97. The summed E-state index contributed by atoms with van der Waals surface area (Å²) in [5, 5.41) is 36.9. The molecule has 2 aliphatic rings. The molecule has 0 amide bonds. The highest BCUT2D eigenvalue weighted by atomic mass is 16.7. The number of ether oxygens (including phenoxy) is 2. The van der Waals surface area contributed by atoms with E-state index in [0.29, 0.717) is 6.61 Å². The van der Waals surface area contributed by atoms with E-state index in [1.807, 2.05) is 0 Å². The predicted molar refractivity (Wildman–Crippen MR) is 38.6 cm³/mol. The first kappa shape index (κ1) is 9.32. The van der Waals surface area contributed by atoms with E-state index in [0.717, 1.165) is 0 Å². The minimum atomic E-state index is -1.47. The molecule has 2 fully saturated rings. The first-order chi connectivity index (χ1) is 6.11. The Labute approximate surface area is 74.3 Å². The van der Waals surface area contributed by atoms with Gasteiger partial charge in [-0.1, -0.05) is 0 Å². The van der Waals surface area contributed by atoms with Gasteiger partial charge in [0.1, 0.15) is 30.5 Å². The summed E-state index contributed by atoms with van der Waals surface area (Å²) in [4.78, 5) is 0. The van der Waals surface area contributed by atoms with E-state index >= 15 is 0 Å². The molecule has 4 N–H and O–H groups in total. The van der Waals surface area contributed by atoms with Crippen molar-refractivity contribution in [2.24, 2.45) is 0 Å². The number of aliphatic hydroxyl groups is 4. The minimum Gasteiger partial charge on any atom is -0.387 e. The van der Waals surface area contributed by atoms with Gasteiger partial charge in [-0.3, -0.25) is 0 Å². The van der Waals surface area contributed by atoms with Crippen LogP contribution in [0.1, 0.15) is 0 Å². The molecule has 6 nitrogen and oxygen atoms in total. The fourth-order valence-corrected chi connectivity index (χ4v) is 1.44. The van der Waals surface area contributed by atoms with Crippen LogP contribution in [0.2, 0.25) is 0 Å². The van der Waals surface area contributed by atoms with Crippen LogP contribution in [0, 0.1) is 0 Å². The summed E-state index contributed by atoms with van der Waals surface area (Å²) < 4.78 is 9.74. The first-order valence-electron chi connectivity index (χ1n) is 4.10. The number of hydrogen-bond acceptors (Lipinski definition) is 6. The summed E-state index contributed by atoms with van der Waals surface area (Å²) in [6, 6.07) is 0. The first-order valence-corrected chi connectivity index (χ1v) is 4.10. The molecule has 2 aliphatic heterocycles. The number of hydrogen-bond donors (Lipinski definition) is 4. The molecule has 0 aliphatic carbocycles. The van der Waals surface area contributed by atoms with E-state index in [9.17, 15) is 10.2 Å². The third-order valence-electron chi connectivity index (χ3n) is 2.35. The summed E-state index contributed by atoms with van der Waals surface area (Å²) >= 11 is 0. The van der Waals surface area contributed by atoms with Crippen LogP contribution in [0.25, 0.3) is 0 Å². The van der Waals surface area contributed by atoms with Gasteiger partial charge >= 0.3 is 0 Å². The van der Waals surface area contributed by atoms with Gasteiger partial charge < -0.3 is 29.9 Å². The summed E-state index contributed by atoms with van der Waals surface area (Å²) in [5.74, 6) is 0. The quantitative estimate of drug-likeness (QED) is 0.334. The maximum atomic E-state index is 9.41. The lowest BCUT2D eigenvalue weighted by molar-refractivity contribution is -0.284. The van der Waals surface area contributed by atoms with E-state index in [-0.39, 0.29) is 6.10 Å². The second-order valence-corrected chi connectivity index (χ2v) is 3.33. The van der Waals surface area contributed by atoms with E-state index in [2.05, 4.69) is 0 Å². The maximum Gasteiger partial charge on any atom is 0.184 e. The Balaban J connectivity index is 2.05. The Morgan fingerprint density at radius 1 is 0.923 bits per heavy atom. The average Bonchev–Trinajstić information content (AvgIpc) is 2.91. The SMILES string of the molecule is OC1O[C@H]([C@@H]2CO2)[C@@H](O)[C@H](O)[C@@H]1O. The van der Waals surface area contributed by atoms with Crippen molar-refractivity contribution in [2.75, 3.05) is 6.61 Å². The fraction of sp³-hybridized carbons (Fsp3) is 1.00. The van der Waals surface area contributed by atoms with Crippen LogP contribution in [0.5, 0.6) is 0 Å². The van der Waals surface area contributed by atoms with Gasteiger partial charge in [0.05, 0.1) is 6.61 Å². The molecule has 2 saturated heterocycles. The topological polar surface area (TPSA) is 103 Å². The van der Waals surface area contributed by atoms with Gasteiger partial charge in [0.25, 0.3) is 0 Å². The molecule has 6 heteroatoms. The van der Waals surface area contributed by atoms with Crippen molar-refractivity contribution < 1.29 is 29.9 Å². The van der Waals surface area contributed by atoms with Gasteiger partial charge in [0, 0.05) is 0 Å². The van der Waals surface area contributed by atoms with Gasteiger partial charge in [-0.2, -0.15) is 0 Å². The molecule has 2 heterocycles. The monoisotopic (exact) mass is 192 g/mol. The van der Waals surface area contributed by atoms with Gasteiger partial charge in [0.15, 0.2) is 6.29 Å². The summed E-state index contributed by atoms with van der Waals surface area (Å²) in [6.45, 7) is 0.442. The molecular weight excluding hydrogens is 180 g/mol. The van der Waals surface area contributed by atoms with Gasteiger partial charge in [0.2, 0.25) is 0 Å². The highest BCUT2D eigenvalue weighted by molar-refractivity contribution is 4.95. The van der Waals surface area contributed by atoms with Crippen molar-refractivity contribution in [3.8, 4) is 0 Å². The van der Waals surface area contributed by atoms with E-state index < -0.39 is 30.7 Å². The Morgan fingerprint density at radius 2 is 1.54 bits per heavy atom. The minimum absolute atomic E-state index is 0.285. The summed E-state index contributed by atoms with van der Waals surface area (Å²) in [5.41, 5.74) is 0. The molecule has 76 valence electrons. The van der Waals surface area contributed by atoms with Crippen LogP contribution < -0.4 is 0 Å². The third-order valence-corrected chi connectivity index (χ3v) is 2.35. The lowest BCUT2D eigenvalue weighted by Crippen LogP contribution is -2.59. The second kappa shape index (κ2) is 3.16. The van der Waals surface area contributed by atoms with Crippen molar-refractivity contribution in [1.29, 1.82) is 0 Å². The molecule has 6 atom stereocenters. The van der Waals surface area contributed by atoms with Gasteiger partial charge in [-0.05, 0) is 0 Å². The molecule has 1 unspecified atom stereocenters. The molecular formula is C7H12O6. The molecule has 2 rings (SSSR count). The number of epoxide rings is 1. The molecule has 0 bridgehead atoms. The Morgan fingerprint density at radius 3 is 2.08 bits per heavy atom. The molecule has 0 aromatic rings. The van der Waals surface area contributed by atoms with E-state index in [1.54, 1.807) is 0 Å². The van der Waals surface area contributed by atoms with Crippen LogP contribution in [0.15, 0.2) is 0 Å². The van der Waals surface area contributed by atoms with Crippen molar-refractivity contribution >= 4 is 0 Å². The highest BCUT2D eigenvalue weighted by Crippen LogP contribution is 2.28. The van der Waals surface area contributed by atoms with Crippen molar-refractivity contribution in [2.45, 2.75) is 36.8 Å². The standard InChI is InChI=1S/C7H12O6/c8-3-4(9)6(2-1-12-2)13-7(11)5(3)10/h2-11H,1H2/t2-,3-,4-,5-,6+,7?/m0/s1. The molecule has 0 radical (unpaired) electrons. The normalized spacial score (nSPS) is 56.3. The van der Waals surface area contributed by atoms with Crippen LogP contribution >= 0.6 is 0 Å². The van der Waals surface area contributed by atoms with Crippen LogP contribution in [0.3, 0.4) is 0 Å².